The van der Waals surface area contributed by atoms with Gasteiger partial charge in [-0.3, -0.25) is 4.79 Å². The third-order valence-electron chi connectivity index (χ3n) is 4.81. The average Bonchev–Trinajstić information content (AvgIpc) is 3.03. The molecule has 21 heavy (non-hydrogen) atoms. The van der Waals surface area contributed by atoms with Gasteiger partial charge in [-0.25, -0.2) is 0 Å². The van der Waals surface area contributed by atoms with Gasteiger partial charge in [0.05, 0.1) is 12.7 Å². The van der Waals surface area contributed by atoms with E-state index in [9.17, 15) is 4.79 Å². The Labute approximate surface area is 127 Å². The summed E-state index contributed by atoms with van der Waals surface area (Å²) >= 11 is 0. The fourth-order valence-electron chi connectivity index (χ4n) is 3.67. The molecule has 0 N–H and O–H groups in total. The van der Waals surface area contributed by atoms with E-state index in [4.69, 9.17) is 4.74 Å². The number of benzene rings is 1. The molecule has 0 saturated heterocycles. The van der Waals surface area contributed by atoms with Crippen molar-refractivity contribution < 1.29 is 9.53 Å². The summed E-state index contributed by atoms with van der Waals surface area (Å²) in [5.41, 5.74) is 3.78. The van der Waals surface area contributed by atoms with Crippen molar-refractivity contribution in [3.63, 3.8) is 0 Å². The summed E-state index contributed by atoms with van der Waals surface area (Å²) in [4.78, 5) is 12.2. The SMILES string of the molecule is CCCCC1=C2CC[C@@H](OCc3ccccc3)[C@@H]2CC1=O. The Balaban J connectivity index is 1.63. The van der Waals surface area contributed by atoms with Crippen LogP contribution in [-0.2, 0) is 16.1 Å². The van der Waals surface area contributed by atoms with Gasteiger partial charge in [-0.05, 0) is 36.8 Å². The van der Waals surface area contributed by atoms with Crippen molar-refractivity contribution in [3.05, 3.63) is 47.0 Å². The summed E-state index contributed by atoms with van der Waals surface area (Å²) in [5, 5.41) is 0. The van der Waals surface area contributed by atoms with Crippen LogP contribution in [0, 0.1) is 5.92 Å². The minimum Gasteiger partial charge on any atom is -0.373 e. The van der Waals surface area contributed by atoms with Crippen molar-refractivity contribution in [2.45, 2.75) is 58.2 Å². The normalized spacial score (nSPS) is 24.7. The van der Waals surface area contributed by atoms with E-state index in [1.807, 2.05) is 18.2 Å². The van der Waals surface area contributed by atoms with Crippen LogP contribution in [0.4, 0.5) is 0 Å². The van der Waals surface area contributed by atoms with Crippen LogP contribution in [0.2, 0.25) is 0 Å². The summed E-state index contributed by atoms with van der Waals surface area (Å²) in [5.74, 6) is 0.754. The number of ketones is 1. The first-order valence-corrected chi connectivity index (χ1v) is 8.20. The van der Waals surface area contributed by atoms with Gasteiger partial charge in [-0.2, -0.15) is 0 Å². The first kappa shape index (κ1) is 14.5. The maximum absolute atomic E-state index is 12.2. The molecule has 2 atom stereocenters. The molecule has 2 aliphatic carbocycles. The van der Waals surface area contributed by atoms with Crippen molar-refractivity contribution in [1.82, 2.24) is 0 Å². The molecule has 0 amide bonds. The summed E-state index contributed by atoms with van der Waals surface area (Å²) < 4.78 is 6.12. The Bertz CT molecular complexity index is 530. The van der Waals surface area contributed by atoms with Crippen LogP contribution in [-0.4, -0.2) is 11.9 Å². The maximum atomic E-state index is 12.2. The van der Waals surface area contributed by atoms with Crippen LogP contribution in [0.5, 0.6) is 0 Å². The van der Waals surface area contributed by atoms with E-state index in [-0.39, 0.29) is 6.10 Å². The molecule has 0 aromatic heterocycles. The lowest BCUT2D eigenvalue weighted by molar-refractivity contribution is -0.116. The first-order chi connectivity index (χ1) is 10.3. The fraction of sp³-hybridized carbons (Fsp3) is 0.526. The molecule has 1 saturated carbocycles. The molecule has 112 valence electrons. The fourth-order valence-corrected chi connectivity index (χ4v) is 3.67. The molecular weight excluding hydrogens is 260 g/mol. The number of Topliss-reactive ketones (excluding diaryl/α,β-unsaturated/α-hetero) is 1. The topological polar surface area (TPSA) is 26.3 Å². The zero-order valence-electron chi connectivity index (χ0n) is 12.8. The van der Waals surface area contributed by atoms with Gasteiger partial charge in [0.1, 0.15) is 0 Å². The van der Waals surface area contributed by atoms with E-state index < -0.39 is 0 Å². The lowest BCUT2D eigenvalue weighted by atomic mass is 10.0. The maximum Gasteiger partial charge on any atom is 0.159 e. The highest BCUT2D eigenvalue weighted by Gasteiger charge is 2.41. The third kappa shape index (κ3) is 3.11. The van der Waals surface area contributed by atoms with Crippen molar-refractivity contribution in [1.29, 1.82) is 0 Å². The molecule has 0 heterocycles. The summed E-state index contributed by atoms with van der Waals surface area (Å²) in [7, 11) is 0. The molecule has 0 unspecified atom stereocenters. The summed E-state index contributed by atoms with van der Waals surface area (Å²) in [6, 6.07) is 10.3. The molecule has 2 nitrogen and oxygen atoms in total. The van der Waals surface area contributed by atoms with Crippen molar-refractivity contribution >= 4 is 5.78 Å². The second-order valence-electron chi connectivity index (χ2n) is 6.21. The van der Waals surface area contributed by atoms with Crippen LogP contribution >= 0.6 is 0 Å². The predicted molar refractivity (Wildman–Crippen MR) is 83.9 cm³/mol. The quantitative estimate of drug-likeness (QED) is 0.772. The van der Waals surface area contributed by atoms with E-state index in [1.165, 1.54) is 11.1 Å². The lowest BCUT2D eigenvalue weighted by Gasteiger charge is -2.17. The highest BCUT2D eigenvalue weighted by atomic mass is 16.5. The highest BCUT2D eigenvalue weighted by Crippen LogP contribution is 2.44. The number of hydrogen-bond donors (Lipinski definition) is 0. The second-order valence-corrected chi connectivity index (χ2v) is 6.21. The minimum absolute atomic E-state index is 0.239. The van der Waals surface area contributed by atoms with Crippen LogP contribution in [0.25, 0.3) is 0 Å². The van der Waals surface area contributed by atoms with Crippen LogP contribution in [0.3, 0.4) is 0 Å². The third-order valence-corrected chi connectivity index (χ3v) is 4.81. The summed E-state index contributed by atoms with van der Waals surface area (Å²) in [6.07, 6.45) is 6.34. The Morgan fingerprint density at radius 3 is 2.81 bits per heavy atom. The zero-order valence-corrected chi connectivity index (χ0v) is 12.8. The number of carbonyl (C=O) groups excluding carboxylic acids is 1. The van der Waals surface area contributed by atoms with Gasteiger partial charge in [-0.15, -0.1) is 0 Å². The average molecular weight is 284 g/mol. The smallest absolute Gasteiger partial charge is 0.159 e. The van der Waals surface area contributed by atoms with Crippen LogP contribution in [0.15, 0.2) is 41.5 Å². The van der Waals surface area contributed by atoms with Gasteiger partial charge in [-0.1, -0.05) is 49.2 Å². The van der Waals surface area contributed by atoms with Crippen LogP contribution < -0.4 is 0 Å². The minimum atomic E-state index is 0.239. The largest absolute Gasteiger partial charge is 0.373 e. The second kappa shape index (κ2) is 6.57. The number of fused-ring (bicyclic) bond motifs is 1. The Hall–Kier alpha value is -1.41. The molecule has 0 bridgehead atoms. The number of ether oxygens (including phenoxy) is 1. The molecule has 0 aliphatic heterocycles. The Morgan fingerprint density at radius 2 is 2.05 bits per heavy atom. The van der Waals surface area contributed by atoms with Crippen LogP contribution in [0.1, 0.15) is 51.0 Å². The molecule has 1 aromatic carbocycles. The van der Waals surface area contributed by atoms with Crippen molar-refractivity contribution in [2.24, 2.45) is 5.92 Å². The molecule has 3 rings (SSSR count). The molecular formula is C19H24O2. The molecule has 0 spiro atoms. The number of unbranched alkanes of at least 4 members (excludes halogenated alkanes) is 1. The molecule has 2 aliphatic rings. The zero-order chi connectivity index (χ0) is 14.7. The highest BCUT2D eigenvalue weighted by molar-refractivity contribution is 5.99. The lowest BCUT2D eigenvalue weighted by Crippen LogP contribution is -2.18. The van der Waals surface area contributed by atoms with Gasteiger partial charge < -0.3 is 4.74 Å². The standard InChI is InChI=1S/C19H24O2/c1-2-3-9-16-15-10-11-19(17(15)12-18(16)20)21-13-14-7-5-4-6-8-14/h4-8,17,19H,2-3,9-13H2,1H3/t17-,19-/m1/s1. The van der Waals surface area contributed by atoms with E-state index in [2.05, 4.69) is 19.1 Å². The van der Waals surface area contributed by atoms with Crippen molar-refractivity contribution in [2.75, 3.05) is 0 Å². The van der Waals surface area contributed by atoms with Gasteiger partial charge in [0.25, 0.3) is 0 Å². The van der Waals surface area contributed by atoms with Gasteiger partial charge in [0.2, 0.25) is 0 Å². The number of carbonyl (C=O) groups is 1. The van der Waals surface area contributed by atoms with E-state index in [0.29, 0.717) is 24.7 Å². The Kier molecular flexibility index (Phi) is 4.54. The Morgan fingerprint density at radius 1 is 1.24 bits per heavy atom. The van der Waals surface area contributed by atoms with E-state index in [1.54, 1.807) is 0 Å². The molecule has 1 aromatic rings. The molecule has 1 fully saturated rings. The molecule has 2 heteroatoms. The van der Waals surface area contributed by atoms with Gasteiger partial charge in [0.15, 0.2) is 5.78 Å². The van der Waals surface area contributed by atoms with E-state index in [0.717, 1.165) is 37.7 Å². The summed E-state index contributed by atoms with van der Waals surface area (Å²) in [6.45, 7) is 2.84. The molecule has 0 radical (unpaired) electrons. The number of hydrogen-bond acceptors (Lipinski definition) is 2. The van der Waals surface area contributed by atoms with E-state index >= 15 is 0 Å². The monoisotopic (exact) mass is 284 g/mol. The predicted octanol–water partition coefficient (Wildman–Crippen LogP) is 4.44. The first-order valence-electron chi connectivity index (χ1n) is 8.20. The van der Waals surface area contributed by atoms with Crippen molar-refractivity contribution in [3.8, 4) is 0 Å². The number of rotatable bonds is 6. The van der Waals surface area contributed by atoms with Gasteiger partial charge >= 0.3 is 0 Å². The number of allylic oxidation sites excluding steroid dienone is 1. The van der Waals surface area contributed by atoms with Gasteiger partial charge in [0, 0.05) is 12.3 Å².